The summed E-state index contributed by atoms with van der Waals surface area (Å²) in [5.41, 5.74) is 0.699. The van der Waals surface area contributed by atoms with Crippen LogP contribution >= 0.6 is 0 Å². The van der Waals surface area contributed by atoms with Gasteiger partial charge in [0, 0.05) is 19.1 Å². The van der Waals surface area contributed by atoms with E-state index in [-0.39, 0.29) is 17.9 Å². The highest BCUT2D eigenvalue weighted by Crippen LogP contribution is 2.29. The van der Waals surface area contributed by atoms with Crippen LogP contribution in [0, 0.1) is 5.92 Å². The summed E-state index contributed by atoms with van der Waals surface area (Å²) in [6.07, 6.45) is 5.02. The average molecular weight is 355 g/mol. The monoisotopic (exact) mass is 355 g/mol. The fourth-order valence-corrected chi connectivity index (χ4v) is 3.71. The van der Waals surface area contributed by atoms with Gasteiger partial charge in [-0.3, -0.25) is 9.59 Å². The molecule has 3 rings (SSSR count). The SMILES string of the molecule is C=CC(=O)NCCC[C@@H]1[C@H](C)CCCN1C(=O)c1onc2ccccc12. The summed E-state index contributed by atoms with van der Waals surface area (Å²) in [6.45, 7) is 6.94. The van der Waals surface area contributed by atoms with Crippen molar-refractivity contribution in [3.63, 3.8) is 0 Å². The van der Waals surface area contributed by atoms with Crippen LogP contribution in [0.2, 0.25) is 0 Å². The van der Waals surface area contributed by atoms with Crippen LogP contribution in [0.25, 0.3) is 10.9 Å². The fraction of sp³-hybridized carbons (Fsp3) is 0.450. The summed E-state index contributed by atoms with van der Waals surface area (Å²) < 4.78 is 5.38. The predicted molar refractivity (Wildman–Crippen MR) is 99.7 cm³/mol. The molecule has 0 spiro atoms. The average Bonchev–Trinajstić information content (AvgIpc) is 3.09. The highest BCUT2D eigenvalue weighted by molar-refractivity contribution is 6.03. The molecule has 1 fully saturated rings. The number of nitrogens with zero attached hydrogens (tertiary/aromatic N) is 2. The van der Waals surface area contributed by atoms with Gasteiger partial charge in [-0.2, -0.15) is 0 Å². The van der Waals surface area contributed by atoms with Gasteiger partial charge >= 0.3 is 0 Å². The molecule has 1 saturated heterocycles. The minimum atomic E-state index is -0.164. The third-order valence-corrected chi connectivity index (χ3v) is 5.12. The molecule has 0 radical (unpaired) electrons. The molecule has 2 amide bonds. The molecule has 6 nitrogen and oxygen atoms in total. The van der Waals surface area contributed by atoms with Crippen LogP contribution in [-0.2, 0) is 4.79 Å². The molecular formula is C20H25N3O3. The number of hydrogen-bond acceptors (Lipinski definition) is 4. The highest BCUT2D eigenvalue weighted by atomic mass is 16.5. The maximum absolute atomic E-state index is 13.1. The van der Waals surface area contributed by atoms with Crippen molar-refractivity contribution in [3.8, 4) is 0 Å². The Labute approximate surface area is 153 Å². The van der Waals surface area contributed by atoms with Crippen molar-refractivity contribution < 1.29 is 14.1 Å². The van der Waals surface area contributed by atoms with Gasteiger partial charge in [0.25, 0.3) is 5.91 Å². The maximum Gasteiger partial charge on any atom is 0.293 e. The molecule has 2 aromatic rings. The largest absolute Gasteiger partial charge is 0.353 e. The van der Waals surface area contributed by atoms with Crippen LogP contribution in [0.4, 0.5) is 0 Å². The third-order valence-electron chi connectivity index (χ3n) is 5.12. The Morgan fingerprint density at radius 3 is 3.04 bits per heavy atom. The molecule has 1 aromatic carbocycles. The number of carbonyl (C=O) groups is 2. The van der Waals surface area contributed by atoms with Gasteiger partial charge in [-0.15, -0.1) is 0 Å². The topological polar surface area (TPSA) is 75.4 Å². The summed E-state index contributed by atoms with van der Waals surface area (Å²) in [4.78, 5) is 26.3. The van der Waals surface area contributed by atoms with Crippen molar-refractivity contribution >= 4 is 22.7 Å². The van der Waals surface area contributed by atoms with Gasteiger partial charge in [0.05, 0.1) is 5.39 Å². The number of rotatable bonds is 6. The Balaban J connectivity index is 1.72. The van der Waals surface area contributed by atoms with Gasteiger partial charge in [0.1, 0.15) is 5.52 Å². The van der Waals surface area contributed by atoms with E-state index < -0.39 is 0 Å². The molecule has 1 aromatic heterocycles. The summed E-state index contributed by atoms with van der Waals surface area (Å²) in [5, 5.41) is 7.55. The molecule has 1 N–H and O–H groups in total. The first-order valence-corrected chi connectivity index (χ1v) is 9.17. The molecule has 1 aliphatic heterocycles. The van der Waals surface area contributed by atoms with Gasteiger partial charge in [-0.1, -0.05) is 30.8 Å². The van der Waals surface area contributed by atoms with Crippen LogP contribution in [0.3, 0.4) is 0 Å². The lowest BCUT2D eigenvalue weighted by Crippen LogP contribution is -2.48. The van der Waals surface area contributed by atoms with E-state index in [0.717, 1.165) is 37.6 Å². The molecule has 138 valence electrons. The number of fused-ring (bicyclic) bond motifs is 1. The minimum Gasteiger partial charge on any atom is -0.353 e. The Morgan fingerprint density at radius 2 is 2.23 bits per heavy atom. The second-order valence-electron chi connectivity index (χ2n) is 6.85. The second kappa shape index (κ2) is 8.17. The van der Waals surface area contributed by atoms with Gasteiger partial charge in [-0.05, 0) is 49.8 Å². The van der Waals surface area contributed by atoms with Crippen LogP contribution in [0.5, 0.6) is 0 Å². The number of carbonyl (C=O) groups excluding carboxylic acids is 2. The number of hydrogen-bond donors (Lipinski definition) is 1. The Kier molecular flexibility index (Phi) is 5.71. The third kappa shape index (κ3) is 3.79. The van der Waals surface area contributed by atoms with Crippen LogP contribution in [0.15, 0.2) is 41.4 Å². The number of benzene rings is 1. The summed E-state index contributed by atoms with van der Waals surface area (Å²) in [6, 6.07) is 7.61. The Bertz CT molecular complexity index is 798. The summed E-state index contributed by atoms with van der Waals surface area (Å²) in [7, 11) is 0. The standard InChI is InChI=1S/C20H25N3O3/c1-3-18(24)21-12-6-11-17-14(2)8-7-13-23(17)20(25)19-15-9-4-5-10-16(15)22-26-19/h3-5,9-10,14,17H,1,6-8,11-13H2,2H3,(H,21,24)/t14-,17-/m1/s1. The molecule has 0 unspecified atom stereocenters. The zero-order valence-electron chi connectivity index (χ0n) is 15.1. The van der Waals surface area contributed by atoms with E-state index in [2.05, 4.69) is 24.0 Å². The minimum absolute atomic E-state index is 0.0922. The van der Waals surface area contributed by atoms with Crippen molar-refractivity contribution in [2.24, 2.45) is 5.92 Å². The lowest BCUT2D eigenvalue weighted by molar-refractivity contribution is -0.116. The van der Waals surface area contributed by atoms with Crippen LogP contribution < -0.4 is 5.32 Å². The zero-order chi connectivity index (χ0) is 18.5. The molecular weight excluding hydrogens is 330 g/mol. The van der Waals surface area contributed by atoms with Crippen molar-refractivity contribution in [3.05, 3.63) is 42.7 Å². The first-order valence-electron chi connectivity index (χ1n) is 9.17. The highest BCUT2D eigenvalue weighted by Gasteiger charge is 2.34. The number of piperidine rings is 1. The van der Waals surface area contributed by atoms with Gasteiger partial charge in [-0.25, -0.2) is 0 Å². The summed E-state index contributed by atoms with van der Waals surface area (Å²) in [5.74, 6) is 0.477. The molecule has 1 aliphatic rings. The molecule has 2 atom stereocenters. The van der Waals surface area contributed by atoms with E-state index in [4.69, 9.17) is 4.52 Å². The van der Waals surface area contributed by atoms with E-state index >= 15 is 0 Å². The van der Waals surface area contributed by atoms with E-state index in [0.29, 0.717) is 23.7 Å². The van der Waals surface area contributed by atoms with Crippen molar-refractivity contribution in [2.75, 3.05) is 13.1 Å². The van der Waals surface area contributed by atoms with Gasteiger partial charge < -0.3 is 14.7 Å². The molecule has 6 heteroatoms. The van der Waals surface area contributed by atoms with Crippen LogP contribution in [0.1, 0.15) is 43.2 Å². The second-order valence-corrected chi connectivity index (χ2v) is 6.85. The smallest absolute Gasteiger partial charge is 0.293 e. The number of nitrogens with one attached hydrogen (secondary N) is 1. The number of aromatic nitrogens is 1. The quantitative estimate of drug-likeness (QED) is 0.638. The Hall–Kier alpha value is -2.63. The van der Waals surface area contributed by atoms with E-state index in [9.17, 15) is 9.59 Å². The van der Waals surface area contributed by atoms with Crippen molar-refractivity contribution in [1.29, 1.82) is 0 Å². The molecule has 0 saturated carbocycles. The van der Waals surface area contributed by atoms with Crippen molar-refractivity contribution in [2.45, 2.75) is 38.6 Å². The van der Waals surface area contributed by atoms with Gasteiger partial charge in [0.15, 0.2) is 0 Å². The van der Waals surface area contributed by atoms with E-state index in [1.54, 1.807) is 0 Å². The lowest BCUT2D eigenvalue weighted by atomic mass is 9.87. The lowest BCUT2D eigenvalue weighted by Gasteiger charge is -2.39. The maximum atomic E-state index is 13.1. The Morgan fingerprint density at radius 1 is 1.42 bits per heavy atom. The zero-order valence-corrected chi connectivity index (χ0v) is 15.1. The predicted octanol–water partition coefficient (Wildman–Crippen LogP) is 3.15. The van der Waals surface area contributed by atoms with E-state index in [1.807, 2.05) is 29.2 Å². The molecule has 26 heavy (non-hydrogen) atoms. The molecule has 0 aliphatic carbocycles. The first kappa shape index (κ1) is 18.2. The van der Waals surface area contributed by atoms with Crippen molar-refractivity contribution in [1.82, 2.24) is 15.4 Å². The number of likely N-dealkylation sites (tertiary alicyclic amines) is 1. The van der Waals surface area contributed by atoms with Crippen LogP contribution in [-0.4, -0.2) is 41.0 Å². The number of amides is 2. The van der Waals surface area contributed by atoms with Gasteiger partial charge in [0.2, 0.25) is 11.7 Å². The van der Waals surface area contributed by atoms with E-state index in [1.165, 1.54) is 6.08 Å². The normalized spacial score (nSPS) is 20.1. The molecule has 0 bridgehead atoms. The summed E-state index contributed by atoms with van der Waals surface area (Å²) >= 11 is 0. The fourth-order valence-electron chi connectivity index (χ4n) is 3.71. The first-order chi connectivity index (χ1) is 12.6. The molecule has 2 heterocycles.